The molecular formula is C12H11F4NO3. The van der Waals surface area contributed by atoms with Gasteiger partial charge in [0.2, 0.25) is 0 Å². The van der Waals surface area contributed by atoms with Crippen molar-refractivity contribution in [3.8, 4) is 0 Å². The first kappa shape index (κ1) is 14.7. The number of morpholine rings is 1. The second kappa shape index (κ2) is 5.76. The van der Waals surface area contributed by atoms with E-state index in [1.54, 1.807) is 0 Å². The van der Waals surface area contributed by atoms with Crippen LogP contribution < -0.4 is 0 Å². The molecule has 2 rings (SSSR count). The molecule has 1 saturated heterocycles. The van der Waals surface area contributed by atoms with Gasteiger partial charge in [-0.3, -0.25) is 4.79 Å². The number of benzene rings is 1. The molecule has 1 aliphatic heterocycles. The van der Waals surface area contributed by atoms with Crippen molar-refractivity contribution in [3.63, 3.8) is 0 Å². The Kier molecular flexibility index (Phi) is 4.24. The standard InChI is InChI=1S/C12H11F4NO3/c13-8-3-7(9(14)11(16)10(8)15)12(19)17-1-2-20-5-6(17)4-18/h3,6,18H,1-2,4-5H2/t6-/m0/s1. The zero-order valence-electron chi connectivity index (χ0n) is 10.2. The largest absolute Gasteiger partial charge is 0.394 e. The van der Waals surface area contributed by atoms with Crippen molar-refractivity contribution in [2.75, 3.05) is 26.4 Å². The maximum Gasteiger partial charge on any atom is 0.257 e. The normalized spacial score (nSPS) is 19.2. The summed E-state index contributed by atoms with van der Waals surface area (Å²) in [4.78, 5) is 13.1. The Balaban J connectivity index is 2.38. The van der Waals surface area contributed by atoms with Crippen molar-refractivity contribution in [2.24, 2.45) is 0 Å². The first-order valence-electron chi connectivity index (χ1n) is 5.80. The lowest BCUT2D eigenvalue weighted by atomic mass is 10.1. The van der Waals surface area contributed by atoms with Crippen molar-refractivity contribution < 1.29 is 32.2 Å². The van der Waals surface area contributed by atoms with Gasteiger partial charge >= 0.3 is 0 Å². The second-order valence-corrected chi connectivity index (χ2v) is 4.26. The Morgan fingerprint density at radius 3 is 2.65 bits per heavy atom. The van der Waals surface area contributed by atoms with Crippen LogP contribution in [0.5, 0.6) is 0 Å². The SMILES string of the molecule is O=C(c1cc(F)c(F)c(F)c1F)N1CCOC[C@@H]1CO. The van der Waals surface area contributed by atoms with E-state index in [-0.39, 0.29) is 19.8 Å². The number of hydrogen-bond acceptors (Lipinski definition) is 3. The highest BCUT2D eigenvalue weighted by atomic mass is 19.2. The summed E-state index contributed by atoms with van der Waals surface area (Å²) in [6.45, 7) is -0.240. The van der Waals surface area contributed by atoms with Crippen LogP contribution in [0.4, 0.5) is 17.6 Å². The Bertz CT molecular complexity index is 538. The van der Waals surface area contributed by atoms with Gasteiger partial charge in [-0.05, 0) is 6.07 Å². The van der Waals surface area contributed by atoms with Crippen LogP contribution in [0, 0.1) is 23.3 Å². The molecule has 1 aromatic carbocycles. The van der Waals surface area contributed by atoms with E-state index in [2.05, 4.69) is 0 Å². The molecule has 8 heteroatoms. The van der Waals surface area contributed by atoms with Gasteiger partial charge in [0, 0.05) is 6.54 Å². The van der Waals surface area contributed by atoms with Crippen molar-refractivity contribution in [3.05, 3.63) is 34.9 Å². The second-order valence-electron chi connectivity index (χ2n) is 4.26. The third-order valence-corrected chi connectivity index (χ3v) is 3.03. The lowest BCUT2D eigenvalue weighted by Crippen LogP contribution is -2.50. The van der Waals surface area contributed by atoms with E-state index in [1.807, 2.05) is 0 Å². The zero-order chi connectivity index (χ0) is 14.9. The molecule has 0 unspecified atom stereocenters. The lowest BCUT2D eigenvalue weighted by Gasteiger charge is -2.34. The summed E-state index contributed by atoms with van der Waals surface area (Å²) in [6.07, 6.45) is 0. The van der Waals surface area contributed by atoms with Crippen LogP contribution in [0.15, 0.2) is 6.07 Å². The van der Waals surface area contributed by atoms with Gasteiger partial charge in [0.15, 0.2) is 23.3 Å². The minimum Gasteiger partial charge on any atom is -0.394 e. The predicted molar refractivity (Wildman–Crippen MR) is 59.0 cm³/mol. The summed E-state index contributed by atoms with van der Waals surface area (Å²) in [5.41, 5.74) is -0.915. The third-order valence-electron chi connectivity index (χ3n) is 3.03. The fourth-order valence-corrected chi connectivity index (χ4v) is 1.96. The Morgan fingerprint density at radius 1 is 1.30 bits per heavy atom. The fraction of sp³-hybridized carbons (Fsp3) is 0.417. The Labute approximate surface area is 111 Å². The van der Waals surface area contributed by atoms with E-state index in [4.69, 9.17) is 9.84 Å². The first-order valence-corrected chi connectivity index (χ1v) is 5.80. The van der Waals surface area contributed by atoms with Crippen LogP contribution in [0.25, 0.3) is 0 Å². The van der Waals surface area contributed by atoms with E-state index in [0.29, 0.717) is 6.07 Å². The van der Waals surface area contributed by atoms with Crippen LogP contribution in [0.1, 0.15) is 10.4 Å². The average molecular weight is 293 g/mol. The Morgan fingerprint density at radius 2 is 2.00 bits per heavy atom. The maximum atomic E-state index is 13.6. The van der Waals surface area contributed by atoms with Gasteiger partial charge in [0.05, 0.1) is 31.4 Å². The van der Waals surface area contributed by atoms with E-state index in [9.17, 15) is 22.4 Å². The molecule has 0 bridgehead atoms. The molecule has 110 valence electrons. The van der Waals surface area contributed by atoms with Gasteiger partial charge in [0.25, 0.3) is 5.91 Å². The van der Waals surface area contributed by atoms with E-state index < -0.39 is 47.4 Å². The van der Waals surface area contributed by atoms with Crippen LogP contribution in [-0.4, -0.2) is 48.3 Å². The number of nitrogens with zero attached hydrogens (tertiary/aromatic N) is 1. The van der Waals surface area contributed by atoms with Crippen molar-refractivity contribution in [2.45, 2.75) is 6.04 Å². The topological polar surface area (TPSA) is 49.8 Å². The molecule has 1 aromatic rings. The number of halogens is 4. The molecule has 1 heterocycles. The highest BCUT2D eigenvalue weighted by Gasteiger charge is 2.31. The quantitative estimate of drug-likeness (QED) is 0.504. The van der Waals surface area contributed by atoms with E-state index in [0.717, 1.165) is 4.90 Å². The lowest BCUT2D eigenvalue weighted by molar-refractivity contribution is -0.0186. The van der Waals surface area contributed by atoms with Gasteiger partial charge in [-0.15, -0.1) is 0 Å². The van der Waals surface area contributed by atoms with Crippen molar-refractivity contribution in [1.82, 2.24) is 4.90 Å². The number of ether oxygens (including phenoxy) is 1. The van der Waals surface area contributed by atoms with Gasteiger partial charge < -0.3 is 14.7 Å². The van der Waals surface area contributed by atoms with Crippen LogP contribution in [-0.2, 0) is 4.74 Å². The monoisotopic (exact) mass is 293 g/mol. The smallest absolute Gasteiger partial charge is 0.257 e. The summed E-state index contributed by atoms with van der Waals surface area (Å²) in [5, 5.41) is 9.10. The Hall–Kier alpha value is -1.67. The highest BCUT2D eigenvalue weighted by molar-refractivity contribution is 5.94. The van der Waals surface area contributed by atoms with Crippen LogP contribution in [0.2, 0.25) is 0 Å². The number of carbonyl (C=O) groups is 1. The summed E-state index contributed by atoms with van der Waals surface area (Å²) < 4.78 is 57.7. The van der Waals surface area contributed by atoms with Gasteiger partial charge in [0.1, 0.15) is 0 Å². The molecule has 1 atom stereocenters. The van der Waals surface area contributed by atoms with Crippen molar-refractivity contribution >= 4 is 5.91 Å². The summed E-state index contributed by atoms with van der Waals surface area (Å²) in [7, 11) is 0. The number of rotatable bonds is 2. The molecule has 1 fully saturated rings. The molecule has 1 amide bonds. The van der Waals surface area contributed by atoms with Crippen LogP contribution in [0.3, 0.4) is 0 Å². The maximum absolute atomic E-state index is 13.6. The summed E-state index contributed by atoms with van der Waals surface area (Å²) in [5.74, 6) is -8.44. The van der Waals surface area contributed by atoms with Gasteiger partial charge in [-0.25, -0.2) is 17.6 Å². The summed E-state index contributed by atoms with van der Waals surface area (Å²) in [6, 6.07) is -0.438. The molecular weight excluding hydrogens is 282 g/mol. The minimum atomic E-state index is -2.04. The fourth-order valence-electron chi connectivity index (χ4n) is 1.96. The van der Waals surface area contributed by atoms with Gasteiger partial charge in [-0.2, -0.15) is 0 Å². The molecule has 0 radical (unpaired) electrons. The number of aliphatic hydroxyl groups excluding tert-OH is 1. The predicted octanol–water partition coefficient (Wildman–Crippen LogP) is 1.08. The van der Waals surface area contributed by atoms with E-state index in [1.165, 1.54) is 0 Å². The molecule has 20 heavy (non-hydrogen) atoms. The van der Waals surface area contributed by atoms with Crippen LogP contribution >= 0.6 is 0 Å². The zero-order valence-corrected chi connectivity index (χ0v) is 10.2. The number of carbonyl (C=O) groups excluding carboxylic acids is 1. The molecule has 0 aromatic heterocycles. The molecule has 0 spiro atoms. The van der Waals surface area contributed by atoms with Gasteiger partial charge in [-0.1, -0.05) is 0 Å². The highest BCUT2D eigenvalue weighted by Crippen LogP contribution is 2.21. The molecule has 0 aliphatic carbocycles. The first-order chi connectivity index (χ1) is 9.47. The number of aliphatic hydroxyl groups is 1. The van der Waals surface area contributed by atoms with Crippen molar-refractivity contribution in [1.29, 1.82) is 0 Å². The summed E-state index contributed by atoms with van der Waals surface area (Å²) >= 11 is 0. The molecule has 0 saturated carbocycles. The molecule has 1 N–H and O–H groups in total. The molecule has 1 aliphatic rings. The molecule has 4 nitrogen and oxygen atoms in total. The number of hydrogen-bond donors (Lipinski definition) is 1. The average Bonchev–Trinajstić information content (AvgIpc) is 2.48. The number of amides is 1. The third kappa shape index (κ3) is 2.48. The minimum absolute atomic E-state index is 0.0238. The van der Waals surface area contributed by atoms with E-state index >= 15 is 0 Å².